The number of carbonyl (C=O) groups is 2. The predicted octanol–water partition coefficient (Wildman–Crippen LogP) is 2.65. The van der Waals surface area contributed by atoms with Gasteiger partial charge in [-0.2, -0.15) is 9.78 Å². The van der Waals surface area contributed by atoms with Crippen LogP contribution in [0.1, 0.15) is 20.8 Å². The van der Waals surface area contributed by atoms with Crippen molar-refractivity contribution in [2.45, 2.75) is 0 Å². The largest absolute Gasteiger partial charge is 0.505 e. The SMILES string of the molecule is O=C(O)c1ccccc1NC(=O)c1nn(-c2ccc(Br)cc2)c(=O)cc1O. The molecule has 0 aliphatic heterocycles. The number of carbonyl (C=O) groups excluding carboxylic acids is 1. The van der Waals surface area contributed by atoms with Crippen molar-refractivity contribution in [2.75, 3.05) is 5.32 Å². The summed E-state index contributed by atoms with van der Waals surface area (Å²) in [6.07, 6.45) is 0. The summed E-state index contributed by atoms with van der Waals surface area (Å²) in [6.45, 7) is 0. The average Bonchev–Trinajstić information content (AvgIpc) is 2.63. The van der Waals surface area contributed by atoms with E-state index in [-0.39, 0.29) is 11.3 Å². The lowest BCUT2D eigenvalue weighted by molar-refractivity contribution is 0.0698. The normalized spacial score (nSPS) is 10.4. The maximum atomic E-state index is 12.5. The third kappa shape index (κ3) is 3.87. The molecule has 27 heavy (non-hydrogen) atoms. The van der Waals surface area contributed by atoms with Crippen LogP contribution in [0.2, 0.25) is 0 Å². The molecule has 136 valence electrons. The molecule has 0 fully saturated rings. The minimum Gasteiger partial charge on any atom is -0.505 e. The fraction of sp³-hybridized carbons (Fsp3) is 0. The molecular formula is C18H12BrN3O5. The van der Waals surface area contributed by atoms with Gasteiger partial charge in [0.25, 0.3) is 11.5 Å². The topological polar surface area (TPSA) is 122 Å². The smallest absolute Gasteiger partial charge is 0.337 e. The number of nitrogens with zero attached hydrogens (tertiary/aromatic N) is 2. The van der Waals surface area contributed by atoms with E-state index in [4.69, 9.17) is 0 Å². The molecule has 0 saturated carbocycles. The summed E-state index contributed by atoms with van der Waals surface area (Å²) in [6, 6.07) is 13.3. The van der Waals surface area contributed by atoms with Crippen LogP contribution in [0.4, 0.5) is 5.69 Å². The first-order chi connectivity index (χ1) is 12.9. The second-order valence-electron chi connectivity index (χ2n) is 5.41. The van der Waals surface area contributed by atoms with Gasteiger partial charge in [-0.3, -0.25) is 9.59 Å². The van der Waals surface area contributed by atoms with Crippen LogP contribution in [0, 0.1) is 0 Å². The van der Waals surface area contributed by atoms with Gasteiger partial charge < -0.3 is 15.5 Å². The number of para-hydroxylation sites is 1. The van der Waals surface area contributed by atoms with Crippen molar-refractivity contribution in [2.24, 2.45) is 0 Å². The van der Waals surface area contributed by atoms with Gasteiger partial charge in [0.05, 0.1) is 16.9 Å². The zero-order valence-electron chi connectivity index (χ0n) is 13.6. The molecule has 0 spiro atoms. The Bertz CT molecular complexity index is 1090. The zero-order chi connectivity index (χ0) is 19.6. The lowest BCUT2D eigenvalue weighted by atomic mass is 10.1. The number of carboxylic acid groups (broad SMARTS) is 1. The Morgan fingerprint density at radius 2 is 1.74 bits per heavy atom. The number of hydrogen-bond acceptors (Lipinski definition) is 5. The third-order valence-electron chi connectivity index (χ3n) is 3.60. The van der Waals surface area contributed by atoms with Crippen LogP contribution in [0.3, 0.4) is 0 Å². The lowest BCUT2D eigenvalue weighted by Gasteiger charge is -2.11. The number of rotatable bonds is 4. The first kappa shape index (κ1) is 18.3. The molecule has 0 aliphatic rings. The number of amides is 1. The first-order valence-corrected chi connectivity index (χ1v) is 8.39. The summed E-state index contributed by atoms with van der Waals surface area (Å²) >= 11 is 3.28. The molecular weight excluding hydrogens is 418 g/mol. The highest BCUT2D eigenvalue weighted by Gasteiger charge is 2.19. The lowest BCUT2D eigenvalue weighted by Crippen LogP contribution is -2.25. The van der Waals surface area contributed by atoms with Gasteiger partial charge in [0.1, 0.15) is 0 Å². The Hall–Kier alpha value is -3.46. The Morgan fingerprint density at radius 3 is 2.41 bits per heavy atom. The number of nitrogens with one attached hydrogen (secondary N) is 1. The van der Waals surface area contributed by atoms with E-state index in [0.717, 1.165) is 15.2 Å². The van der Waals surface area contributed by atoms with Gasteiger partial charge in [0.2, 0.25) is 0 Å². The van der Waals surface area contributed by atoms with Gasteiger partial charge in [-0.25, -0.2) is 4.79 Å². The summed E-state index contributed by atoms with van der Waals surface area (Å²) in [5.74, 6) is -2.69. The van der Waals surface area contributed by atoms with Crippen LogP contribution in [-0.2, 0) is 0 Å². The summed E-state index contributed by atoms with van der Waals surface area (Å²) in [7, 11) is 0. The maximum Gasteiger partial charge on any atom is 0.337 e. The molecule has 0 saturated heterocycles. The third-order valence-corrected chi connectivity index (χ3v) is 4.13. The number of aromatic hydroxyl groups is 1. The second kappa shape index (κ2) is 7.42. The van der Waals surface area contributed by atoms with E-state index in [1.165, 1.54) is 18.2 Å². The molecule has 0 bridgehead atoms. The highest BCUT2D eigenvalue weighted by molar-refractivity contribution is 9.10. The molecule has 1 amide bonds. The van der Waals surface area contributed by atoms with Crippen LogP contribution in [0.25, 0.3) is 5.69 Å². The standard InChI is InChI=1S/C18H12BrN3O5/c19-10-5-7-11(8-6-10)22-15(24)9-14(23)16(21-22)17(25)20-13-4-2-1-3-12(13)18(26)27/h1-9,23H,(H,20,25)(H,26,27). The summed E-state index contributed by atoms with van der Waals surface area (Å²) < 4.78 is 1.76. The summed E-state index contributed by atoms with van der Waals surface area (Å²) in [5.41, 5.74) is -0.734. The van der Waals surface area contributed by atoms with E-state index < -0.39 is 28.9 Å². The number of aromatic nitrogens is 2. The fourth-order valence-electron chi connectivity index (χ4n) is 2.34. The molecule has 8 nitrogen and oxygen atoms in total. The van der Waals surface area contributed by atoms with Crippen LogP contribution in [0.5, 0.6) is 5.75 Å². The van der Waals surface area contributed by atoms with Crippen molar-refractivity contribution in [1.82, 2.24) is 9.78 Å². The van der Waals surface area contributed by atoms with E-state index in [0.29, 0.717) is 5.69 Å². The molecule has 1 aromatic heterocycles. The Morgan fingerprint density at radius 1 is 1.07 bits per heavy atom. The van der Waals surface area contributed by atoms with Crippen LogP contribution in [0.15, 0.2) is 63.9 Å². The number of anilines is 1. The van der Waals surface area contributed by atoms with Crippen LogP contribution < -0.4 is 10.9 Å². The second-order valence-corrected chi connectivity index (χ2v) is 6.33. The molecule has 0 unspecified atom stereocenters. The Balaban J connectivity index is 2.01. The van der Waals surface area contributed by atoms with Gasteiger partial charge in [0, 0.05) is 10.5 Å². The predicted molar refractivity (Wildman–Crippen MR) is 101 cm³/mol. The zero-order valence-corrected chi connectivity index (χ0v) is 15.2. The number of halogens is 1. The van der Waals surface area contributed by atoms with Gasteiger partial charge in [-0.05, 0) is 36.4 Å². The van der Waals surface area contributed by atoms with E-state index in [2.05, 4.69) is 26.3 Å². The molecule has 3 aromatic rings. The van der Waals surface area contributed by atoms with Gasteiger partial charge >= 0.3 is 5.97 Å². The number of hydrogen-bond donors (Lipinski definition) is 3. The molecule has 9 heteroatoms. The highest BCUT2D eigenvalue weighted by atomic mass is 79.9. The van der Waals surface area contributed by atoms with Crippen molar-refractivity contribution >= 4 is 33.5 Å². The number of aromatic carboxylic acids is 1. The minimum absolute atomic E-state index is 0.0394. The van der Waals surface area contributed by atoms with Crippen molar-refractivity contribution in [1.29, 1.82) is 0 Å². The van der Waals surface area contributed by atoms with E-state index in [1.54, 1.807) is 30.3 Å². The van der Waals surface area contributed by atoms with Gasteiger partial charge in [-0.1, -0.05) is 28.1 Å². The van der Waals surface area contributed by atoms with Crippen molar-refractivity contribution in [3.05, 3.63) is 80.7 Å². The van der Waals surface area contributed by atoms with Gasteiger partial charge in [0.15, 0.2) is 11.4 Å². The monoisotopic (exact) mass is 429 g/mol. The average molecular weight is 430 g/mol. The molecule has 2 aromatic carbocycles. The molecule has 3 rings (SSSR count). The Kier molecular flexibility index (Phi) is 5.04. The molecule has 0 aliphatic carbocycles. The Labute approximate surface area is 160 Å². The van der Waals surface area contributed by atoms with E-state index in [9.17, 15) is 24.6 Å². The van der Waals surface area contributed by atoms with E-state index in [1.807, 2.05) is 0 Å². The highest BCUT2D eigenvalue weighted by Crippen LogP contribution is 2.19. The molecule has 0 atom stereocenters. The fourth-order valence-corrected chi connectivity index (χ4v) is 2.60. The maximum absolute atomic E-state index is 12.5. The van der Waals surface area contributed by atoms with Crippen molar-refractivity contribution in [3.63, 3.8) is 0 Å². The molecule has 1 heterocycles. The van der Waals surface area contributed by atoms with E-state index >= 15 is 0 Å². The van der Waals surface area contributed by atoms with Crippen LogP contribution in [-0.4, -0.2) is 31.9 Å². The van der Waals surface area contributed by atoms with Crippen molar-refractivity contribution in [3.8, 4) is 11.4 Å². The van der Waals surface area contributed by atoms with Crippen LogP contribution >= 0.6 is 15.9 Å². The van der Waals surface area contributed by atoms with Gasteiger partial charge in [-0.15, -0.1) is 0 Å². The number of benzene rings is 2. The summed E-state index contributed by atoms with van der Waals surface area (Å²) in [5, 5.41) is 25.5. The number of carboxylic acids is 1. The summed E-state index contributed by atoms with van der Waals surface area (Å²) in [4.78, 5) is 35.9. The minimum atomic E-state index is -1.22. The van der Waals surface area contributed by atoms with Crippen molar-refractivity contribution < 1.29 is 19.8 Å². The first-order valence-electron chi connectivity index (χ1n) is 7.60. The molecule has 0 radical (unpaired) electrons. The quantitative estimate of drug-likeness (QED) is 0.585. The molecule has 3 N–H and O–H groups in total.